The van der Waals surface area contributed by atoms with Gasteiger partial charge in [-0.3, -0.25) is 14.4 Å². The van der Waals surface area contributed by atoms with Crippen molar-refractivity contribution in [1.82, 2.24) is 4.90 Å². The van der Waals surface area contributed by atoms with E-state index in [1.165, 1.54) is 11.0 Å². The van der Waals surface area contributed by atoms with E-state index in [9.17, 15) is 14.4 Å². The summed E-state index contributed by atoms with van der Waals surface area (Å²) in [5.74, 6) is -0.970. The smallest absolute Gasteiger partial charge is 0.291 e. The number of hydrogen-bond donors (Lipinski definition) is 0. The van der Waals surface area contributed by atoms with Gasteiger partial charge in [-0.1, -0.05) is 60.1 Å². The average molecular weight is 515 g/mol. The summed E-state index contributed by atoms with van der Waals surface area (Å²) >= 11 is 6.21. The molecule has 3 heterocycles. The Morgan fingerprint density at radius 1 is 0.973 bits per heavy atom. The summed E-state index contributed by atoms with van der Waals surface area (Å²) in [5, 5.41) is 0.586. The molecule has 0 saturated carbocycles. The van der Waals surface area contributed by atoms with Crippen molar-refractivity contribution in [3.05, 3.63) is 110 Å². The van der Waals surface area contributed by atoms with Gasteiger partial charge in [-0.25, -0.2) is 0 Å². The van der Waals surface area contributed by atoms with Crippen molar-refractivity contribution in [1.29, 1.82) is 0 Å². The zero-order chi connectivity index (χ0) is 25.7. The topological polar surface area (TPSA) is 80.1 Å². The first kappa shape index (κ1) is 23.5. The Hall–Kier alpha value is -3.94. The van der Waals surface area contributed by atoms with Crippen LogP contribution >= 0.6 is 11.6 Å². The molecule has 1 atom stereocenters. The molecular formula is C29H23ClN2O5. The zero-order valence-electron chi connectivity index (χ0n) is 20.1. The Bertz CT molecular complexity index is 1620. The number of benzene rings is 3. The molecule has 0 saturated heterocycles. The number of ether oxygens (including phenoxy) is 1. The molecule has 2 amide bonds. The Morgan fingerprint density at radius 3 is 2.51 bits per heavy atom. The number of carbonyl (C=O) groups is 2. The third-order valence-corrected chi connectivity index (χ3v) is 7.35. The maximum atomic E-state index is 14.6. The van der Waals surface area contributed by atoms with Crippen molar-refractivity contribution in [2.24, 2.45) is 0 Å². The summed E-state index contributed by atoms with van der Waals surface area (Å²) in [6.07, 6.45) is 0.478. The summed E-state index contributed by atoms with van der Waals surface area (Å²) in [7, 11) is 1.58. The van der Waals surface area contributed by atoms with Crippen LogP contribution < -0.4 is 10.3 Å². The third-order valence-electron chi connectivity index (χ3n) is 7.11. The number of fused-ring (bicyclic) bond motifs is 5. The number of hydrogen-bond acceptors (Lipinski definition) is 5. The number of nitrogens with zero attached hydrogens (tertiary/aromatic N) is 2. The maximum Gasteiger partial charge on any atom is 0.291 e. The van der Waals surface area contributed by atoms with Gasteiger partial charge in [-0.05, 0) is 36.2 Å². The highest BCUT2D eigenvalue weighted by Crippen LogP contribution is 2.52. The molecule has 0 fully saturated rings. The SMILES string of the molecule is COCCCN1C(=O)c2oc3ccc(Cl)cc3c(=O)c2C12C(=O)N(Cc1ccccc1)c1ccccc12. The molecule has 37 heavy (non-hydrogen) atoms. The average Bonchev–Trinajstić information content (AvgIpc) is 3.30. The fraction of sp³-hybridized carbons (Fsp3) is 0.207. The Morgan fingerprint density at radius 2 is 1.73 bits per heavy atom. The summed E-state index contributed by atoms with van der Waals surface area (Å²) in [6, 6.07) is 21.6. The molecule has 0 aliphatic carbocycles. The van der Waals surface area contributed by atoms with Crippen LogP contribution in [0.5, 0.6) is 0 Å². The van der Waals surface area contributed by atoms with E-state index in [4.69, 9.17) is 20.8 Å². The second-order valence-corrected chi connectivity index (χ2v) is 9.62. The number of anilines is 1. The van der Waals surface area contributed by atoms with Crippen molar-refractivity contribution < 1.29 is 18.7 Å². The van der Waals surface area contributed by atoms with E-state index in [0.29, 0.717) is 35.8 Å². The van der Waals surface area contributed by atoms with Crippen LogP contribution in [0.15, 0.2) is 82.0 Å². The van der Waals surface area contributed by atoms with Crippen LogP contribution in [0.3, 0.4) is 0 Å². The summed E-state index contributed by atoms with van der Waals surface area (Å²) in [6.45, 7) is 0.879. The molecule has 4 aromatic rings. The molecule has 1 spiro atoms. The van der Waals surface area contributed by atoms with Crippen LogP contribution in [-0.2, 0) is 21.6 Å². The van der Waals surface area contributed by atoms with Crippen molar-refractivity contribution >= 4 is 40.1 Å². The van der Waals surface area contributed by atoms with Crippen LogP contribution in [-0.4, -0.2) is 37.0 Å². The second kappa shape index (κ2) is 8.87. The van der Waals surface area contributed by atoms with Gasteiger partial charge in [0.1, 0.15) is 5.58 Å². The third kappa shape index (κ3) is 3.35. The summed E-state index contributed by atoms with van der Waals surface area (Å²) in [5.41, 5.74) is 0.353. The number of amides is 2. The van der Waals surface area contributed by atoms with Crippen LogP contribution in [0.4, 0.5) is 5.69 Å². The first-order chi connectivity index (χ1) is 18.0. The molecule has 0 bridgehead atoms. The van der Waals surface area contributed by atoms with E-state index in [-0.39, 0.29) is 34.7 Å². The van der Waals surface area contributed by atoms with E-state index >= 15 is 0 Å². The molecule has 6 rings (SSSR count). The van der Waals surface area contributed by atoms with E-state index < -0.39 is 16.9 Å². The van der Waals surface area contributed by atoms with E-state index in [0.717, 1.165) is 5.56 Å². The van der Waals surface area contributed by atoms with Crippen molar-refractivity contribution in [3.63, 3.8) is 0 Å². The van der Waals surface area contributed by atoms with E-state index in [1.54, 1.807) is 24.1 Å². The summed E-state index contributed by atoms with van der Waals surface area (Å²) in [4.78, 5) is 45.7. The minimum Gasteiger partial charge on any atom is -0.450 e. The summed E-state index contributed by atoms with van der Waals surface area (Å²) < 4.78 is 11.3. The van der Waals surface area contributed by atoms with E-state index in [2.05, 4.69) is 0 Å². The van der Waals surface area contributed by atoms with Gasteiger partial charge in [-0.2, -0.15) is 0 Å². The molecule has 7 nitrogen and oxygen atoms in total. The lowest BCUT2D eigenvalue weighted by Gasteiger charge is -2.34. The van der Waals surface area contributed by atoms with Gasteiger partial charge in [0, 0.05) is 30.8 Å². The van der Waals surface area contributed by atoms with Gasteiger partial charge in [0.25, 0.3) is 11.8 Å². The standard InChI is InChI=1S/C29H23ClN2O5/c1-36-15-7-14-32-27(34)26-24(25(33)20-16-19(30)12-13-23(20)37-26)29(32)21-10-5-6-11-22(21)31(28(29)35)17-18-8-3-2-4-9-18/h2-6,8-13,16H,7,14-15,17H2,1H3. The second-order valence-electron chi connectivity index (χ2n) is 9.18. The molecule has 1 unspecified atom stereocenters. The van der Waals surface area contributed by atoms with Crippen LogP contribution in [0.2, 0.25) is 5.02 Å². The monoisotopic (exact) mass is 514 g/mol. The lowest BCUT2D eigenvalue weighted by molar-refractivity contribution is -0.126. The quantitative estimate of drug-likeness (QED) is 0.348. The molecule has 2 aliphatic rings. The minimum absolute atomic E-state index is 0.0395. The molecule has 2 aliphatic heterocycles. The molecule has 186 valence electrons. The fourth-order valence-electron chi connectivity index (χ4n) is 5.55. The van der Waals surface area contributed by atoms with Crippen molar-refractivity contribution in [2.75, 3.05) is 25.2 Å². The predicted molar refractivity (Wildman–Crippen MR) is 140 cm³/mol. The molecule has 1 aromatic heterocycles. The molecule has 0 radical (unpaired) electrons. The fourth-order valence-corrected chi connectivity index (χ4v) is 5.73. The molecule has 3 aromatic carbocycles. The van der Waals surface area contributed by atoms with Gasteiger partial charge in [-0.15, -0.1) is 0 Å². The lowest BCUT2D eigenvalue weighted by atomic mass is 9.84. The zero-order valence-corrected chi connectivity index (χ0v) is 20.8. The van der Waals surface area contributed by atoms with Crippen LogP contribution in [0.25, 0.3) is 11.0 Å². The van der Waals surface area contributed by atoms with Gasteiger partial charge >= 0.3 is 0 Å². The Kier molecular flexibility index (Phi) is 5.62. The molecule has 8 heteroatoms. The maximum absolute atomic E-state index is 14.6. The van der Waals surface area contributed by atoms with E-state index in [1.807, 2.05) is 54.6 Å². The highest BCUT2D eigenvalue weighted by molar-refractivity contribution is 6.31. The number of para-hydroxylation sites is 1. The predicted octanol–water partition coefficient (Wildman–Crippen LogP) is 4.73. The highest BCUT2D eigenvalue weighted by atomic mass is 35.5. The van der Waals surface area contributed by atoms with Crippen molar-refractivity contribution in [2.45, 2.75) is 18.5 Å². The number of rotatable bonds is 6. The minimum atomic E-state index is -1.65. The van der Waals surface area contributed by atoms with Crippen LogP contribution in [0.1, 0.15) is 33.7 Å². The van der Waals surface area contributed by atoms with Crippen molar-refractivity contribution in [3.8, 4) is 0 Å². The number of carbonyl (C=O) groups excluding carboxylic acids is 2. The van der Waals surface area contributed by atoms with Gasteiger partial charge in [0.15, 0.2) is 11.0 Å². The number of halogens is 1. The number of methoxy groups -OCH3 is 1. The van der Waals surface area contributed by atoms with Gasteiger partial charge < -0.3 is 19.0 Å². The highest BCUT2D eigenvalue weighted by Gasteiger charge is 2.64. The Labute approximate surface area is 217 Å². The Balaban J connectivity index is 1.64. The molecular weight excluding hydrogens is 492 g/mol. The normalized spacial score (nSPS) is 18.2. The molecule has 0 N–H and O–H groups in total. The first-order valence-corrected chi connectivity index (χ1v) is 12.4. The van der Waals surface area contributed by atoms with Gasteiger partial charge in [0.05, 0.1) is 23.2 Å². The largest absolute Gasteiger partial charge is 0.450 e. The first-order valence-electron chi connectivity index (χ1n) is 12.0. The lowest BCUT2D eigenvalue weighted by Crippen LogP contribution is -2.53. The van der Waals surface area contributed by atoms with Crippen LogP contribution in [0, 0.1) is 0 Å². The van der Waals surface area contributed by atoms with Gasteiger partial charge in [0.2, 0.25) is 5.76 Å².